The van der Waals surface area contributed by atoms with Crippen LogP contribution in [0.4, 0.5) is 0 Å². The van der Waals surface area contributed by atoms with Gasteiger partial charge in [-0.15, -0.1) is 0 Å². The summed E-state index contributed by atoms with van der Waals surface area (Å²) in [6.45, 7) is 0.294. The SMILES string of the molecule is NC(N)=NCCCC(N)C(=O)NC(CS)C(=O)NC(Cc1c[nH]c2ccccc12)C(=O)NC(Cc1c[nH]c2ccccc12)C(=O)O. The second-order valence-electron chi connectivity index (χ2n) is 10.9. The number of amides is 3. The molecule has 4 rings (SSSR count). The van der Waals surface area contributed by atoms with E-state index in [4.69, 9.17) is 17.2 Å². The Morgan fingerprint density at radius 3 is 1.83 bits per heavy atom. The van der Waals surface area contributed by atoms with Crippen molar-refractivity contribution in [2.24, 2.45) is 22.2 Å². The van der Waals surface area contributed by atoms with Gasteiger partial charge in [-0.1, -0.05) is 36.4 Å². The molecule has 0 spiro atoms. The summed E-state index contributed by atoms with van der Waals surface area (Å²) in [6.07, 6.45) is 4.21. The number of carbonyl (C=O) groups excluding carboxylic acids is 3. The Bertz CT molecular complexity index is 1710. The molecule has 0 aliphatic carbocycles. The number of para-hydroxylation sites is 2. The average Bonchev–Trinajstić information content (AvgIpc) is 3.64. The van der Waals surface area contributed by atoms with E-state index in [1.165, 1.54) is 0 Å². The number of benzene rings is 2. The molecule has 46 heavy (non-hydrogen) atoms. The molecule has 4 atom stereocenters. The molecule has 0 aliphatic rings. The number of nitrogens with zero attached hydrogens (tertiary/aromatic N) is 1. The van der Waals surface area contributed by atoms with Crippen LogP contribution in [0.5, 0.6) is 0 Å². The van der Waals surface area contributed by atoms with Gasteiger partial charge in [0, 0.05) is 59.3 Å². The number of H-pyrrole nitrogens is 2. The number of hydrogen-bond donors (Lipinski definition) is 10. The summed E-state index contributed by atoms with van der Waals surface area (Å²) in [4.78, 5) is 62.3. The van der Waals surface area contributed by atoms with Gasteiger partial charge in [0.05, 0.1) is 6.04 Å². The van der Waals surface area contributed by atoms with Gasteiger partial charge in [0.15, 0.2) is 5.96 Å². The maximum atomic E-state index is 13.7. The van der Waals surface area contributed by atoms with E-state index in [0.29, 0.717) is 18.5 Å². The first-order valence-corrected chi connectivity index (χ1v) is 15.4. The fourth-order valence-corrected chi connectivity index (χ4v) is 5.38. The van der Waals surface area contributed by atoms with Crippen molar-refractivity contribution in [2.45, 2.75) is 49.9 Å². The number of guanidine groups is 1. The molecule has 2 aromatic carbocycles. The first-order chi connectivity index (χ1) is 22.1. The van der Waals surface area contributed by atoms with Crippen LogP contribution < -0.4 is 33.2 Å². The second kappa shape index (κ2) is 15.8. The van der Waals surface area contributed by atoms with Gasteiger partial charge in [0.25, 0.3) is 0 Å². The lowest BCUT2D eigenvalue weighted by atomic mass is 10.0. The zero-order valence-corrected chi connectivity index (χ0v) is 25.9. The minimum absolute atomic E-state index is 0.00916. The highest BCUT2D eigenvalue weighted by molar-refractivity contribution is 7.80. The van der Waals surface area contributed by atoms with Crippen LogP contribution >= 0.6 is 12.6 Å². The van der Waals surface area contributed by atoms with E-state index in [2.05, 4.69) is 43.5 Å². The third kappa shape index (κ3) is 8.79. The highest BCUT2D eigenvalue weighted by Gasteiger charge is 2.31. The van der Waals surface area contributed by atoms with Crippen LogP contribution in [0.15, 0.2) is 65.9 Å². The van der Waals surface area contributed by atoms with Gasteiger partial charge in [0.1, 0.15) is 18.1 Å². The summed E-state index contributed by atoms with van der Waals surface area (Å²) in [6, 6.07) is 10.4. The van der Waals surface area contributed by atoms with E-state index < -0.39 is 47.9 Å². The summed E-state index contributed by atoms with van der Waals surface area (Å²) in [5, 5.41) is 19.6. The predicted molar refractivity (Wildman–Crippen MR) is 179 cm³/mol. The molecular formula is C31H39N9O5S. The molecule has 244 valence electrons. The van der Waals surface area contributed by atoms with E-state index in [1.54, 1.807) is 12.4 Å². The molecule has 14 nitrogen and oxygen atoms in total. The highest BCUT2D eigenvalue weighted by atomic mass is 32.1. The quantitative estimate of drug-likeness (QED) is 0.0349. The fourth-order valence-electron chi connectivity index (χ4n) is 5.12. The van der Waals surface area contributed by atoms with Gasteiger partial charge in [-0.2, -0.15) is 12.6 Å². The summed E-state index contributed by atoms with van der Waals surface area (Å²) in [7, 11) is 0. The Morgan fingerprint density at radius 2 is 1.28 bits per heavy atom. The maximum absolute atomic E-state index is 13.7. The monoisotopic (exact) mass is 649 g/mol. The number of nitrogens with two attached hydrogens (primary N) is 3. The van der Waals surface area contributed by atoms with Crippen LogP contribution in [0.2, 0.25) is 0 Å². The molecule has 0 aliphatic heterocycles. The minimum Gasteiger partial charge on any atom is -0.480 e. The molecule has 0 saturated heterocycles. The summed E-state index contributed by atoms with van der Waals surface area (Å²) < 4.78 is 0. The summed E-state index contributed by atoms with van der Waals surface area (Å²) in [5.74, 6) is -3.35. The van der Waals surface area contributed by atoms with E-state index in [1.807, 2.05) is 48.5 Å². The van der Waals surface area contributed by atoms with Crippen LogP contribution in [0.1, 0.15) is 24.0 Å². The standard InChI is InChI=1S/C31H39N9O5S/c32-21(8-5-11-35-31(33)34)27(41)40-26(16-46)29(43)38-24(12-17-14-36-22-9-3-1-6-19(17)22)28(42)39-25(30(44)45)13-18-15-37-23-10-4-2-7-20(18)23/h1-4,6-7,9-10,14-15,21,24-26,36-37,46H,5,8,11-13,16,32H2,(H,38,43)(H,39,42)(H,40,41)(H,44,45)(H4,33,34,35). The molecule has 4 aromatic rings. The smallest absolute Gasteiger partial charge is 0.326 e. The number of aliphatic carboxylic acids is 1. The molecule has 12 N–H and O–H groups in total. The van der Waals surface area contributed by atoms with Crippen molar-refractivity contribution in [2.75, 3.05) is 12.3 Å². The molecule has 0 saturated carbocycles. The third-order valence-corrected chi connectivity index (χ3v) is 7.93. The van der Waals surface area contributed by atoms with Gasteiger partial charge < -0.3 is 48.2 Å². The first-order valence-electron chi connectivity index (χ1n) is 14.7. The van der Waals surface area contributed by atoms with Crippen LogP contribution in [0.25, 0.3) is 21.8 Å². The number of nitrogens with one attached hydrogen (secondary N) is 5. The summed E-state index contributed by atoms with van der Waals surface area (Å²) >= 11 is 4.23. The third-order valence-electron chi connectivity index (χ3n) is 7.57. The zero-order valence-electron chi connectivity index (χ0n) is 25.0. The van der Waals surface area contributed by atoms with Crippen LogP contribution in [0.3, 0.4) is 0 Å². The molecule has 3 amide bonds. The van der Waals surface area contributed by atoms with Gasteiger partial charge in [-0.25, -0.2) is 4.79 Å². The number of carbonyl (C=O) groups is 4. The number of carboxylic acid groups (broad SMARTS) is 1. The molecule has 15 heteroatoms. The number of fused-ring (bicyclic) bond motifs is 2. The van der Waals surface area contributed by atoms with Gasteiger partial charge in [-0.05, 0) is 36.1 Å². The van der Waals surface area contributed by atoms with Gasteiger partial charge >= 0.3 is 5.97 Å². The van der Waals surface area contributed by atoms with Crippen LogP contribution in [-0.2, 0) is 32.0 Å². The lowest BCUT2D eigenvalue weighted by molar-refractivity contribution is -0.142. The molecule has 4 unspecified atom stereocenters. The molecule has 0 radical (unpaired) electrons. The van der Waals surface area contributed by atoms with Crippen molar-refractivity contribution in [1.82, 2.24) is 25.9 Å². The Hall–Kier alpha value is -5.02. The lowest BCUT2D eigenvalue weighted by Gasteiger charge is -2.24. The minimum atomic E-state index is -1.29. The van der Waals surface area contributed by atoms with Crippen molar-refractivity contribution in [1.29, 1.82) is 0 Å². The Morgan fingerprint density at radius 1 is 0.783 bits per heavy atom. The number of aliphatic imine (C=N–C) groups is 1. The molecule has 0 bridgehead atoms. The largest absolute Gasteiger partial charge is 0.480 e. The lowest BCUT2D eigenvalue weighted by Crippen LogP contribution is -2.58. The predicted octanol–water partition coefficient (Wildman–Crippen LogP) is 0.284. The molecule has 0 fully saturated rings. The Kier molecular flexibility index (Phi) is 11.6. The van der Waals surface area contributed by atoms with Gasteiger partial charge in [0.2, 0.25) is 17.7 Å². The molecule has 2 heterocycles. The van der Waals surface area contributed by atoms with E-state index >= 15 is 0 Å². The number of aromatic amines is 2. The van der Waals surface area contributed by atoms with Crippen molar-refractivity contribution < 1.29 is 24.3 Å². The zero-order chi connectivity index (χ0) is 33.2. The van der Waals surface area contributed by atoms with E-state index in [-0.39, 0.29) is 31.0 Å². The first kappa shape index (κ1) is 33.9. The highest BCUT2D eigenvalue weighted by Crippen LogP contribution is 2.21. The fraction of sp³-hybridized carbons (Fsp3) is 0.323. The van der Waals surface area contributed by atoms with Crippen molar-refractivity contribution in [3.05, 3.63) is 72.1 Å². The topological polar surface area (TPSA) is 247 Å². The second-order valence-corrected chi connectivity index (χ2v) is 11.3. The van der Waals surface area contributed by atoms with Crippen LogP contribution in [0, 0.1) is 0 Å². The molecular weight excluding hydrogens is 610 g/mol. The normalized spacial score (nSPS) is 13.8. The number of aromatic nitrogens is 2. The van der Waals surface area contributed by atoms with Crippen LogP contribution in [-0.4, -0.2) is 81.2 Å². The molecule has 2 aromatic heterocycles. The Labute approximate surface area is 270 Å². The van der Waals surface area contributed by atoms with Crippen molar-refractivity contribution in [3.63, 3.8) is 0 Å². The Balaban J connectivity index is 1.50. The van der Waals surface area contributed by atoms with Gasteiger partial charge in [-0.3, -0.25) is 19.4 Å². The van der Waals surface area contributed by atoms with E-state index in [9.17, 15) is 24.3 Å². The summed E-state index contributed by atoms with van der Waals surface area (Å²) in [5.41, 5.74) is 19.7. The number of carboxylic acids is 1. The number of thiol groups is 1. The number of rotatable bonds is 16. The van der Waals surface area contributed by atoms with E-state index in [0.717, 1.165) is 27.4 Å². The maximum Gasteiger partial charge on any atom is 0.326 e. The van der Waals surface area contributed by atoms with Crippen molar-refractivity contribution >= 4 is 64.1 Å². The number of hydrogen-bond acceptors (Lipinski definition) is 7. The average molecular weight is 650 g/mol. The van der Waals surface area contributed by atoms with Crippen molar-refractivity contribution in [3.8, 4) is 0 Å².